The summed E-state index contributed by atoms with van der Waals surface area (Å²) in [5.74, 6) is 1.28. The highest BCUT2D eigenvalue weighted by atomic mass is 35.5. The van der Waals surface area contributed by atoms with E-state index in [0.717, 1.165) is 16.5 Å². The number of benzene rings is 2. The highest BCUT2D eigenvalue weighted by molar-refractivity contribution is 7.99. The molecule has 166 valence electrons. The maximum absolute atomic E-state index is 12.7. The average Bonchev–Trinajstić information content (AvgIpc) is 3.17. The van der Waals surface area contributed by atoms with Gasteiger partial charge in [-0.05, 0) is 43.7 Å². The number of sulfonamides is 1. The van der Waals surface area contributed by atoms with Crippen molar-refractivity contribution < 1.29 is 13.2 Å². The van der Waals surface area contributed by atoms with Crippen molar-refractivity contribution >= 4 is 33.4 Å². The summed E-state index contributed by atoms with van der Waals surface area (Å²) >= 11 is 7.38. The third kappa shape index (κ3) is 6.54. The second kappa shape index (κ2) is 11.1. The van der Waals surface area contributed by atoms with Gasteiger partial charge in [0.2, 0.25) is 10.0 Å². The third-order valence-corrected chi connectivity index (χ3v) is 7.21. The Morgan fingerprint density at radius 3 is 2.52 bits per heavy atom. The van der Waals surface area contributed by atoms with E-state index in [1.165, 1.54) is 23.9 Å². The third-order valence-electron chi connectivity index (χ3n) is 4.48. The van der Waals surface area contributed by atoms with Gasteiger partial charge in [-0.3, -0.25) is 0 Å². The molecule has 1 N–H and O–H groups in total. The molecule has 1 heterocycles. The maximum atomic E-state index is 12.7. The van der Waals surface area contributed by atoms with Crippen LogP contribution >= 0.6 is 23.4 Å². The zero-order valence-electron chi connectivity index (χ0n) is 17.4. The van der Waals surface area contributed by atoms with Crippen LogP contribution in [0.3, 0.4) is 0 Å². The molecule has 0 amide bonds. The van der Waals surface area contributed by atoms with Gasteiger partial charge in [0.15, 0.2) is 11.0 Å². The lowest BCUT2D eigenvalue weighted by Gasteiger charge is -2.15. The molecule has 0 saturated heterocycles. The number of halogens is 1. The van der Waals surface area contributed by atoms with Crippen molar-refractivity contribution in [1.82, 2.24) is 19.5 Å². The largest absolute Gasteiger partial charge is 0.376 e. The fourth-order valence-corrected chi connectivity index (χ4v) is 5.14. The van der Waals surface area contributed by atoms with E-state index >= 15 is 0 Å². The molecule has 3 aromatic rings. The molecule has 0 aliphatic rings. The number of thioether (sulfide) groups is 1. The Morgan fingerprint density at radius 2 is 1.84 bits per heavy atom. The fourth-order valence-electron chi connectivity index (χ4n) is 2.95. The Kier molecular flexibility index (Phi) is 8.50. The number of aromatic nitrogens is 3. The second-order valence-corrected chi connectivity index (χ2v) is 9.98. The minimum atomic E-state index is -3.71. The zero-order valence-corrected chi connectivity index (χ0v) is 19.8. The van der Waals surface area contributed by atoms with Crippen LogP contribution in [0.2, 0.25) is 5.02 Å². The van der Waals surface area contributed by atoms with Crippen LogP contribution in [-0.2, 0) is 27.9 Å². The summed E-state index contributed by atoms with van der Waals surface area (Å²) in [6.45, 7) is 5.49. The lowest BCUT2D eigenvalue weighted by molar-refractivity contribution is 0.136. The minimum Gasteiger partial charge on any atom is -0.376 e. The summed E-state index contributed by atoms with van der Waals surface area (Å²) in [5.41, 5.74) is 1.13. The Balaban J connectivity index is 1.57. The van der Waals surface area contributed by atoms with Crippen molar-refractivity contribution in [2.45, 2.75) is 43.1 Å². The number of hydrogen-bond donors (Lipinski definition) is 1. The van der Waals surface area contributed by atoms with Crippen LogP contribution in [0.4, 0.5) is 0 Å². The van der Waals surface area contributed by atoms with Crippen LogP contribution in [0, 0.1) is 0 Å². The van der Waals surface area contributed by atoms with Gasteiger partial charge in [-0.15, -0.1) is 10.2 Å². The van der Waals surface area contributed by atoms with Gasteiger partial charge in [-0.25, -0.2) is 13.1 Å². The summed E-state index contributed by atoms with van der Waals surface area (Å²) in [6.07, 6.45) is 0. The first kappa shape index (κ1) is 23.7. The average molecular weight is 481 g/mol. The van der Waals surface area contributed by atoms with Crippen LogP contribution in [0.5, 0.6) is 0 Å². The van der Waals surface area contributed by atoms with Gasteiger partial charge < -0.3 is 9.30 Å². The van der Waals surface area contributed by atoms with Gasteiger partial charge in [-0.1, -0.05) is 53.7 Å². The lowest BCUT2D eigenvalue weighted by Crippen LogP contribution is -2.29. The van der Waals surface area contributed by atoms with E-state index in [1.807, 2.05) is 41.8 Å². The van der Waals surface area contributed by atoms with E-state index in [9.17, 15) is 8.42 Å². The first-order chi connectivity index (χ1) is 14.9. The van der Waals surface area contributed by atoms with E-state index in [-0.39, 0.29) is 4.90 Å². The molecule has 0 aliphatic heterocycles. The highest BCUT2D eigenvalue weighted by Crippen LogP contribution is 2.22. The van der Waals surface area contributed by atoms with E-state index in [1.54, 1.807) is 19.1 Å². The van der Waals surface area contributed by atoms with E-state index < -0.39 is 16.1 Å². The van der Waals surface area contributed by atoms with Gasteiger partial charge in [0.25, 0.3) is 0 Å². The predicted octanol–water partition coefficient (Wildman–Crippen LogP) is 4.30. The molecule has 0 unspecified atom stereocenters. The topological polar surface area (TPSA) is 86.1 Å². The summed E-state index contributed by atoms with van der Waals surface area (Å²) in [6, 6.07) is 15.5. The molecule has 1 atom stereocenters. The molecule has 1 aromatic heterocycles. The van der Waals surface area contributed by atoms with Crippen molar-refractivity contribution in [3.63, 3.8) is 0 Å². The van der Waals surface area contributed by atoms with Gasteiger partial charge in [0.05, 0.1) is 24.2 Å². The fraction of sp³-hybridized carbons (Fsp3) is 0.333. The Hall–Kier alpha value is -1.91. The van der Waals surface area contributed by atoms with Gasteiger partial charge in [-0.2, -0.15) is 0 Å². The number of nitrogens with one attached hydrogen (secondary N) is 1. The van der Waals surface area contributed by atoms with E-state index in [2.05, 4.69) is 14.9 Å². The standard InChI is InChI=1S/C21H25ClN4O3S2/c1-3-26-20(16(2)25-31(27,28)19-11-9-18(22)10-12-19)23-24-21(26)30-14-13-29-15-17-7-5-4-6-8-17/h4-12,16,25H,3,13-15H2,1-2H3/t16-/m1/s1. The quantitative estimate of drug-likeness (QED) is 0.325. The van der Waals surface area contributed by atoms with Gasteiger partial charge in [0.1, 0.15) is 0 Å². The van der Waals surface area contributed by atoms with Crippen molar-refractivity contribution in [3.8, 4) is 0 Å². The lowest BCUT2D eigenvalue weighted by atomic mass is 10.2. The van der Waals surface area contributed by atoms with Gasteiger partial charge >= 0.3 is 0 Å². The van der Waals surface area contributed by atoms with Crippen molar-refractivity contribution in [2.75, 3.05) is 12.4 Å². The molecule has 0 spiro atoms. The minimum absolute atomic E-state index is 0.150. The molecule has 0 fully saturated rings. The number of rotatable bonds is 11. The first-order valence-corrected chi connectivity index (χ1v) is 12.7. The summed E-state index contributed by atoms with van der Waals surface area (Å²) in [7, 11) is -3.71. The van der Waals surface area contributed by atoms with Crippen molar-refractivity contribution in [1.29, 1.82) is 0 Å². The normalized spacial score (nSPS) is 12.7. The molecule has 0 bridgehead atoms. The Labute approximate surface area is 192 Å². The molecular weight excluding hydrogens is 456 g/mol. The van der Waals surface area contributed by atoms with Crippen LogP contribution in [-0.4, -0.2) is 35.5 Å². The maximum Gasteiger partial charge on any atom is 0.241 e. The molecule has 0 radical (unpaired) electrons. The number of ether oxygens (including phenoxy) is 1. The Bertz CT molecular complexity index is 1070. The first-order valence-electron chi connectivity index (χ1n) is 9.86. The summed E-state index contributed by atoms with van der Waals surface area (Å²) in [5, 5.41) is 9.69. The van der Waals surface area contributed by atoms with Crippen molar-refractivity contribution in [2.24, 2.45) is 0 Å². The molecule has 3 rings (SSSR count). The smallest absolute Gasteiger partial charge is 0.241 e. The molecule has 31 heavy (non-hydrogen) atoms. The molecule has 10 heteroatoms. The van der Waals surface area contributed by atoms with Crippen molar-refractivity contribution in [3.05, 3.63) is 71.0 Å². The number of nitrogens with zero attached hydrogens (tertiary/aromatic N) is 3. The molecule has 0 saturated carbocycles. The van der Waals surface area contributed by atoms with Gasteiger partial charge in [0, 0.05) is 17.3 Å². The zero-order chi connectivity index (χ0) is 22.3. The Morgan fingerprint density at radius 1 is 1.13 bits per heavy atom. The number of hydrogen-bond acceptors (Lipinski definition) is 6. The molecule has 2 aromatic carbocycles. The molecule has 7 nitrogen and oxygen atoms in total. The van der Waals surface area contributed by atoms with Crippen LogP contribution in [0.15, 0.2) is 64.6 Å². The molecular formula is C21H25ClN4O3S2. The summed E-state index contributed by atoms with van der Waals surface area (Å²) in [4.78, 5) is 0.150. The SMILES string of the molecule is CCn1c(SCCOCc2ccccc2)nnc1[C@@H](C)NS(=O)(=O)c1ccc(Cl)cc1. The van der Waals surface area contributed by atoms with E-state index in [0.29, 0.717) is 30.6 Å². The highest BCUT2D eigenvalue weighted by Gasteiger charge is 2.23. The van der Waals surface area contributed by atoms with Crippen LogP contribution < -0.4 is 4.72 Å². The molecule has 0 aliphatic carbocycles. The second-order valence-electron chi connectivity index (χ2n) is 6.77. The van der Waals surface area contributed by atoms with Crippen LogP contribution in [0.1, 0.15) is 31.3 Å². The van der Waals surface area contributed by atoms with Crippen LogP contribution in [0.25, 0.3) is 0 Å². The monoisotopic (exact) mass is 480 g/mol. The van der Waals surface area contributed by atoms with E-state index in [4.69, 9.17) is 16.3 Å². The predicted molar refractivity (Wildman–Crippen MR) is 123 cm³/mol. The summed E-state index contributed by atoms with van der Waals surface area (Å²) < 4.78 is 35.6.